The molecular weight excluding hydrogens is 326 g/mol. The summed E-state index contributed by atoms with van der Waals surface area (Å²) in [5, 5.41) is 8.96. The van der Waals surface area contributed by atoms with Gasteiger partial charge in [-0.1, -0.05) is 20.3 Å². The molecule has 1 aliphatic carbocycles. The molecule has 0 radical (unpaired) electrons. The fourth-order valence-electron chi connectivity index (χ4n) is 5.33. The molecule has 1 aromatic rings. The van der Waals surface area contributed by atoms with E-state index in [0.717, 1.165) is 18.1 Å². The van der Waals surface area contributed by atoms with Crippen molar-refractivity contribution >= 4 is 0 Å². The first-order valence-corrected chi connectivity index (χ1v) is 10.0. The van der Waals surface area contributed by atoms with Gasteiger partial charge in [0.15, 0.2) is 6.29 Å². The van der Waals surface area contributed by atoms with Crippen LogP contribution in [0.5, 0.6) is 5.75 Å². The van der Waals surface area contributed by atoms with Crippen molar-refractivity contribution in [1.82, 2.24) is 0 Å². The van der Waals surface area contributed by atoms with Crippen LogP contribution in [-0.2, 0) is 9.47 Å². The van der Waals surface area contributed by atoms with E-state index in [1.54, 1.807) is 12.1 Å². The molecule has 2 aliphatic heterocycles. The summed E-state index contributed by atoms with van der Waals surface area (Å²) >= 11 is 0. The fraction of sp³-hybridized carbons (Fsp3) is 0.682. The quantitative estimate of drug-likeness (QED) is 0.769. The second-order valence-electron chi connectivity index (χ2n) is 8.47. The first-order valence-electron chi connectivity index (χ1n) is 10.0. The van der Waals surface area contributed by atoms with Gasteiger partial charge in [0, 0.05) is 11.8 Å². The first kappa shape index (κ1) is 17.8. The van der Waals surface area contributed by atoms with E-state index in [9.17, 15) is 0 Å². The average Bonchev–Trinajstić information content (AvgIpc) is 2.81. The Kier molecular flexibility index (Phi) is 4.94. The second kappa shape index (κ2) is 7.21. The summed E-state index contributed by atoms with van der Waals surface area (Å²) in [7, 11) is 0. The third-order valence-corrected chi connectivity index (χ3v) is 6.87. The lowest BCUT2D eigenvalue weighted by atomic mass is 9.61. The molecule has 1 saturated carbocycles. The molecule has 1 aromatic carbocycles. The maximum absolute atomic E-state index is 8.96. The lowest BCUT2D eigenvalue weighted by Crippen LogP contribution is -2.54. The molecule has 2 unspecified atom stereocenters. The Morgan fingerprint density at radius 1 is 0.962 bits per heavy atom. The van der Waals surface area contributed by atoms with Gasteiger partial charge in [0.2, 0.25) is 6.29 Å². The summed E-state index contributed by atoms with van der Waals surface area (Å²) in [5.74, 6) is 3.60. The summed E-state index contributed by atoms with van der Waals surface area (Å²) in [5.41, 5.74) is 0.639. The largest absolute Gasteiger partial charge is 0.465 e. The van der Waals surface area contributed by atoms with E-state index in [1.807, 2.05) is 12.1 Å². The van der Waals surface area contributed by atoms with Gasteiger partial charge in [-0.15, -0.1) is 0 Å². The van der Waals surface area contributed by atoms with Gasteiger partial charge in [-0.25, -0.2) is 0 Å². The maximum atomic E-state index is 8.96. The van der Waals surface area contributed by atoms with Crippen LogP contribution in [0.3, 0.4) is 0 Å². The van der Waals surface area contributed by atoms with E-state index < -0.39 is 0 Å². The molecule has 0 N–H and O–H groups in total. The van der Waals surface area contributed by atoms with Crippen molar-refractivity contribution < 1.29 is 14.2 Å². The molecular formula is C22H29NO3. The van der Waals surface area contributed by atoms with Gasteiger partial charge in [0.05, 0.1) is 17.7 Å². The van der Waals surface area contributed by atoms with Crippen LogP contribution in [0.2, 0.25) is 0 Å². The lowest BCUT2D eigenvalue weighted by Gasteiger charge is -2.51. The maximum Gasteiger partial charge on any atom is 0.205 e. The molecule has 8 atom stereocenters. The number of rotatable bonds is 2. The molecule has 140 valence electrons. The van der Waals surface area contributed by atoms with Gasteiger partial charge in [0.25, 0.3) is 0 Å². The molecule has 26 heavy (non-hydrogen) atoms. The molecule has 3 fully saturated rings. The minimum Gasteiger partial charge on any atom is -0.465 e. The first-order chi connectivity index (χ1) is 12.6. The Bertz CT molecular complexity index is 667. The molecule has 0 bridgehead atoms. The molecule has 2 saturated heterocycles. The smallest absolute Gasteiger partial charge is 0.205 e. The van der Waals surface area contributed by atoms with E-state index in [2.05, 4.69) is 26.8 Å². The summed E-state index contributed by atoms with van der Waals surface area (Å²) in [6.45, 7) is 6.82. The Hall–Kier alpha value is -1.57. The van der Waals surface area contributed by atoms with Gasteiger partial charge in [-0.05, 0) is 68.2 Å². The predicted molar refractivity (Wildman–Crippen MR) is 98.3 cm³/mol. The summed E-state index contributed by atoms with van der Waals surface area (Å²) in [4.78, 5) is 0. The van der Waals surface area contributed by atoms with Crippen molar-refractivity contribution in [2.45, 2.75) is 65.1 Å². The lowest BCUT2D eigenvalue weighted by molar-refractivity contribution is -0.315. The van der Waals surface area contributed by atoms with Crippen LogP contribution in [0.15, 0.2) is 24.3 Å². The zero-order valence-electron chi connectivity index (χ0n) is 15.9. The molecule has 4 nitrogen and oxygen atoms in total. The van der Waals surface area contributed by atoms with Crippen LogP contribution in [-0.4, -0.2) is 18.7 Å². The van der Waals surface area contributed by atoms with E-state index in [4.69, 9.17) is 19.5 Å². The second-order valence-corrected chi connectivity index (χ2v) is 8.47. The number of benzene rings is 1. The summed E-state index contributed by atoms with van der Waals surface area (Å²) in [6.07, 6.45) is 4.67. The van der Waals surface area contributed by atoms with Crippen LogP contribution < -0.4 is 4.74 Å². The molecule has 4 rings (SSSR count). The molecule has 4 heteroatoms. The Labute approximate surface area is 156 Å². The Morgan fingerprint density at radius 2 is 1.69 bits per heavy atom. The van der Waals surface area contributed by atoms with Crippen molar-refractivity contribution in [3.63, 3.8) is 0 Å². The molecule has 0 spiro atoms. The normalized spacial score (nSPS) is 42.2. The average molecular weight is 355 g/mol. The number of hydrogen-bond acceptors (Lipinski definition) is 4. The summed E-state index contributed by atoms with van der Waals surface area (Å²) < 4.78 is 18.9. The van der Waals surface area contributed by atoms with Gasteiger partial charge < -0.3 is 14.2 Å². The minimum atomic E-state index is -0.298. The molecule has 2 heterocycles. The van der Waals surface area contributed by atoms with Crippen LogP contribution in [0, 0.1) is 40.9 Å². The molecule has 0 amide bonds. The number of nitrogens with zero attached hydrogens (tertiary/aromatic N) is 1. The third-order valence-electron chi connectivity index (χ3n) is 6.87. The standard InChI is InChI=1S/C22H29NO3/c1-13-4-10-19-15(3)21(25-17-8-6-16(12-23)7-9-17)26-22-20(19)18(13)11-5-14(2)24-22/h6-9,13-15,18-22H,4-5,10-11H2,1-3H3/t13-,14?,15-,18+,19+,20?,21+,22+/m1/s1. The van der Waals surface area contributed by atoms with Crippen LogP contribution in [0.4, 0.5) is 0 Å². The molecule has 0 aromatic heterocycles. The highest BCUT2D eigenvalue weighted by Crippen LogP contribution is 2.52. The summed E-state index contributed by atoms with van der Waals surface area (Å²) in [6, 6.07) is 9.41. The monoisotopic (exact) mass is 355 g/mol. The number of ether oxygens (including phenoxy) is 3. The Balaban J connectivity index is 1.56. The SMILES string of the molecule is CC1CC[C@@H]2C3[C@@H](O1)O[C@H](Oc1ccc(C#N)cc1)[C@H](C)[C@@H]3CC[C@H]2C. The fourth-order valence-corrected chi connectivity index (χ4v) is 5.33. The predicted octanol–water partition coefficient (Wildman–Crippen LogP) is 4.73. The van der Waals surface area contributed by atoms with E-state index in [-0.39, 0.29) is 18.7 Å². The van der Waals surface area contributed by atoms with Gasteiger partial charge in [0.1, 0.15) is 5.75 Å². The van der Waals surface area contributed by atoms with Crippen LogP contribution in [0.1, 0.15) is 52.0 Å². The zero-order valence-corrected chi connectivity index (χ0v) is 15.9. The highest BCUT2D eigenvalue weighted by atomic mass is 16.8. The van der Waals surface area contributed by atoms with Crippen molar-refractivity contribution in [2.24, 2.45) is 29.6 Å². The topological polar surface area (TPSA) is 51.5 Å². The number of hydrogen-bond donors (Lipinski definition) is 0. The Morgan fingerprint density at radius 3 is 2.42 bits per heavy atom. The van der Waals surface area contributed by atoms with E-state index in [0.29, 0.717) is 29.2 Å². The van der Waals surface area contributed by atoms with Gasteiger partial charge in [-0.3, -0.25) is 0 Å². The molecule has 3 aliphatic rings. The van der Waals surface area contributed by atoms with Crippen molar-refractivity contribution in [3.8, 4) is 11.8 Å². The van der Waals surface area contributed by atoms with E-state index in [1.165, 1.54) is 19.3 Å². The number of nitriles is 1. The van der Waals surface area contributed by atoms with Crippen molar-refractivity contribution in [1.29, 1.82) is 5.26 Å². The highest BCUT2D eigenvalue weighted by molar-refractivity contribution is 5.34. The highest BCUT2D eigenvalue weighted by Gasteiger charge is 2.52. The van der Waals surface area contributed by atoms with Crippen molar-refractivity contribution in [3.05, 3.63) is 29.8 Å². The van der Waals surface area contributed by atoms with Gasteiger partial charge in [-0.2, -0.15) is 5.26 Å². The van der Waals surface area contributed by atoms with Gasteiger partial charge >= 0.3 is 0 Å². The van der Waals surface area contributed by atoms with Crippen molar-refractivity contribution in [2.75, 3.05) is 0 Å². The van der Waals surface area contributed by atoms with Crippen LogP contribution >= 0.6 is 0 Å². The van der Waals surface area contributed by atoms with Crippen LogP contribution in [0.25, 0.3) is 0 Å². The zero-order chi connectivity index (χ0) is 18.3. The third kappa shape index (κ3) is 3.23. The minimum absolute atomic E-state index is 0.162. The van der Waals surface area contributed by atoms with E-state index >= 15 is 0 Å².